The number of fused-ring (bicyclic) bond motifs is 2. The van der Waals surface area contributed by atoms with Gasteiger partial charge >= 0.3 is 0 Å². The number of benzene rings is 1. The molecule has 1 aromatic rings. The fourth-order valence-corrected chi connectivity index (χ4v) is 1.47. The van der Waals surface area contributed by atoms with Gasteiger partial charge in [-0.15, -0.1) is 12.4 Å². The van der Waals surface area contributed by atoms with E-state index in [-0.39, 0.29) is 18.6 Å². The molecule has 2 aliphatic rings. The van der Waals surface area contributed by atoms with Crippen molar-refractivity contribution >= 4 is 35.6 Å². The molecule has 0 saturated carbocycles. The van der Waals surface area contributed by atoms with Crippen molar-refractivity contribution in [2.45, 2.75) is 4.33 Å². The van der Waals surface area contributed by atoms with Crippen molar-refractivity contribution in [3.8, 4) is 0 Å². The molecule has 3 N–H and O–H groups in total. The molecule has 0 atom stereocenters. The highest BCUT2D eigenvalue weighted by atomic mass is 35.5. The van der Waals surface area contributed by atoms with Gasteiger partial charge in [-0.25, -0.2) is 0 Å². The minimum absolute atomic E-state index is 0. The molecule has 4 heteroatoms. The molecular weight excluding hydrogens is 204 g/mol. The minimum Gasteiger partial charge on any atom is -0.344 e. The maximum Gasteiger partial charge on any atom is 0.168 e. The molecule has 0 spiro atoms. The standard InChI is InChI=1S/C7H4Cl2.ClH.H3N/c8-7(9)5-2-1-3-6(7)4-5;;/h1-4H;1H;1H3. The quantitative estimate of drug-likeness (QED) is 0.658. The molecule has 0 amide bonds. The average molecular weight is 213 g/mol. The Kier molecular flexibility index (Phi) is 3.21. The molecule has 0 aromatic heterocycles. The van der Waals surface area contributed by atoms with Crippen LogP contribution < -0.4 is 6.15 Å². The van der Waals surface area contributed by atoms with E-state index >= 15 is 0 Å². The van der Waals surface area contributed by atoms with Gasteiger partial charge in [-0.3, -0.25) is 0 Å². The molecule has 62 valence electrons. The second-order valence-corrected chi connectivity index (χ2v) is 3.48. The Morgan fingerprint density at radius 1 is 1.09 bits per heavy atom. The van der Waals surface area contributed by atoms with Crippen LogP contribution in [-0.2, 0) is 4.33 Å². The lowest BCUT2D eigenvalue weighted by Gasteiger charge is -2.29. The zero-order valence-electron chi connectivity index (χ0n) is 5.68. The Labute approximate surface area is 81.7 Å². The summed E-state index contributed by atoms with van der Waals surface area (Å²) in [6, 6.07) is 7.79. The summed E-state index contributed by atoms with van der Waals surface area (Å²) >= 11 is 11.7. The third-order valence-electron chi connectivity index (χ3n) is 1.59. The van der Waals surface area contributed by atoms with Gasteiger partial charge in [0.15, 0.2) is 4.33 Å². The van der Waals surface area contributed by atoms with Crippen LogP contribution in [0.2, 0.25) is 0 Å². The maximum atomic E-state index is 5.85. The highest BCUT2D eigenvalue weighted by Gasteiger charge is 2.36. The second-order valence-electron chi connectivity index (χ2n) is 2.16. The zero-order chi connectivity index (χ0) is 6.48. The lowest BCUT2D eigenvalue weighted by Crippen LogP contribution is -2.21. The highest BCUT2D eigenvalue weighted by molar-refractivity contribution is 6.51. The number of hydrogen-bond acceptors (Lipinski definition) is 1. The molecule has 0 unspecified atom stereocenters. The van der Waals surface area contributed by atoms with E-state index < -0.39 is 4.33 Å². The SMILES string of the molecule is Cl.ClC1(Cl)c2cccc1c2.N. The van der Waals surface area contributed by atoms with Gasteiger partial charge in [-0.2, -0.15) is 0 Å². The van der Waals surface area contributed by atoms with E-state index in [0.717, 1.165) is 11.1 Å². The van der Waals surface area contributed by atoms with Crippen molar-refractivity contribution in [3.63, 3.8) is 0 Å². The molecule has 0 aliphatic heterocycles. The summed E-state index contributed by atoms with van der Waals surface area (Å²) in [6.07, 6.45) is 0. The van der Waals surface area contributed by atoms with E-state index in [2.05, 4.69) is 0 Å². The molecular formula is C7H8Cl3N. The first-order valence-electron chi connectivity index (χ1n) is 2.70. The molecule has 0 fully saturated rings. The molecule has 1 aromatic carbocycles. The lowest BCUT2D eigenvalue weighted by molar-refractivity contribution is 0.951. The van der Waals surface area contributed by atoms with E-state index in [1.165, 1.54) is 0 Å². The summed E-state index contributed by atoms with van der Waals surface area (Å²) < 4.78 is -0.686. The first-order valence-corrected chi connectivity index (χ1v) is 3.46. The molecule has 2 aliphatic carbocycles. The Bertz CT molecular complexity index is 231. The lowest BCUT2D eigenvalue weighted by atomic mass is 9.92. The van der Waals surface area contributed by atoms with E-state index in [9.17, 15) is 0 Å². The Balaban J connectivity index is 0.000000500. The van der Waals surface area contributed by atoms with E-state index in [4.69, 9.17) is 23.2 Å². The number of alkyl halides is 2. The average Bonchev–Trinajstić information content (AvgIpc) is 1.89. The third-order valence-corrected chi connectivity index (χ3v) is 2.46. The third kappa shape index (κ3) is 1.34. The molecule has 11 heavy (non-hydrogen) atoms. The molecule has 3 rings (SSSR count). The summed E-state index contributed by atoms with van der Waals surface area (Å²) in [5.74, 6) is 0. The van der Waals surface area contributed by atoms with Crippen molar-refractivity contribution in [1.82, 2.24) is 6.15 Å². The van der Waals surface area contributed by atoms with Crippen LogP contribution in [0.25, 0.3) is 0 Å². The first kappa shape index (κ1) is 11.1. The largest absolute Gasteiger partial charge is 0.344 e. The second kappa shape index (κ2) is 3.20. The number of hydrogen-bond donors (Lipinski definition) is 1. The monoisotopic (exact) mass is 211 g/mol. The van der Waals surface area contributed by atoms with Crippen LogP contribution in [0, 0.1) is 0 Å². The molecule has 2 bridgehead atoms. The summed E-state index contributed by atoms with van der Waals surface area (Å²) in [7, 11) is 0. The molecule has 1 nitrogen and oxygen atoms in total. The number of rotatable bonds is 0. The highest BCUT2D eigenvalue weighted by Crippen LogP contribution is 2.48. The number of halogens is 3. The van der Waals surface area contributed by atoms with E-state index in [1.54, 1.807) is 0 Å². The van der Waals surface area contributed by atoms with Gasteiger partial charge in [0.25, 0.3) is 0 Å². The smallest absolute Gasteiger partial charge is 0.168 e. The topological polar surface area (TPSA) is 35.0 Å². The van der Waals surface area contributed by atoms with Crippen LogP contribution in [0.3, 0.4) is 0 Å². The Morgan fingerprint density at radius 2 is 1.55 bits per heavy atom. The van der Waals surface area contributed by atoms with Gasteiger partial charge in [0.2, 0.25) is 0 Å². The van der Waals surface area contributed by atoms with Gasteiger partial charge in [0.1, 0.15) is 0 Å². The van der Waals surface area contributed by atoms with Crippen molar-refractivity contribution < 1.29 is 0 Å². The Morgan fingerprint density at radius 3 is 1.73 bits per heavy atom. The fourth-order valence-electron chi connectivity index (χ4n) is 0.999. The van der Waals surface area contributed by atoms with Gasteiger partial charge in [-0.1, -0.05) is 41.4 Å². The van der Waals surface area contributed by atoms with E-state index in [0.29, 0.717) is 0 Å². The minimum atomic E-state index is -0.686. The van der Waals surface area contributed by atoms with Crippen LogP contribution in [0.5, 0.6) is 0 Å². The molecule has 0 radical (unpaired) electrons. The normalized spacial score (nSPS) is 15.5. The summed E-state index contributed by atoms with van der Waals surface area (Å²) in [5, 5.41) is 0. The fraction of sp³-hybridized carbons (Fsp3) is 0.143. The van der Waals surface area contributed by atoms with Crippen LogP contribution in [0.4, 0.5) is 0 Å². The van der Waals surface area contributed by atoms with E-state index in [1.807, 2.05) is 24.3 Å². The van der Waals surface area contributed by atoms with Crippen LogP contribution in [-0.4, -0.2) is 0 Å². The van der Waals surface area contributed by atoms with Crippen LogP contribution >= 0.6 is 35.6 Å². The van der Waals surface area contributed by atoms with Crippen molar-refractivity contribution in [2.75, 3.05) is 0 Å². The predicted molar refractivity (Wildman–Crippen MR) is 51.2 cm³/mol. The van der Waals surface area contributed by atoms with Crippen molar-refractivity contribution in [1.29, 1.82) is 0 Å². The first-order chi connectivity index (χ1) is 4.21. The van der Waals surface area contributed by atoms with Gasteiger partial charge in [0, 0.05) is 0 Å². The summed E-state index contributed by atoms with van der Waals surface area (Å²) in [6.45, 7) is 0. The Hall–Kier alpha value is 0.0500. The van der Waals surface area contributed by atoms with Crippen LogP contribution in [0.15, 0.2) is 24.3 Å². The van der Waals surface area contributed by atoms with Crippen molar-refractivity contribution in [2.24, 2.45) is 0 Å². The maximum absolute atomic E-state index is 5.85. The van der Waals surface area contributed by atoms with Gasteiger partial charge in [0.05, 0.1) is 0 Å². The summed E-state index contributed by atoms with van der Waals surface area (Å²) in [5.41, 5.74) is 2.01. The van der Waals surface area contributed by atoms with Gasteiger partial charge < -0.3 is 6.15 Å². The molecule has 0 saturated heterocycles. The van der Waals surface area contributed by atoms with Gasteiger partial charge in [-0.05, 0) is 17.2 Å². The predicted octanol–water partition coefficient (Wildman–Crippen LogP) is 3.26. The summed E-state index contributed by atoms with van der Waals surface area (Å²) in [4.78, 5) is 0. The zero-order valence-corrected chi connectivity index (χ0v) is 8.01. The molecule has 0 heterocycles. The van der Waals surface area contributed by atoms with Crippen molar-refractivity contribution in [3.05, 3.63) is 35.4 Å². The van der Waals surface area contributed by atoms with Crippen LogP contribution in [0.1, 0.15) is 11.1 Å².